The van der Waals surface area contributed by atoms with Crippen molar-refractivity contribution in [3.05, 3.63) is 54.6 Å². The summed E-state index contributed by atoms with van der Waals surface area (Å²) in [7, 11) is 0. The highest BCUT2D eigenvalue weighted by Gasteiger charge is 2.22. The molecule has 4 nitrogen and oxygen atoms in total. The number of ether oxygens (including phenoxy) is 1. The third kappa shape index (κ3) is 2.33. The molecule has 2 heterocycles. The van der Waals surface area contributed by atoms with Gasteiger partial charge in [0.25, 0.3) is 0 Å². The van der Waals surface area contributed by atoms with E-state index in [-0.39, 0.29) is 6.10 Å². The van der Waals surface area contributed by atoms with Crippen LogP contribution in [0.25, 0.3) is 0 Å². The molecule has 1 aliphatic rings. The second-order valence-corrected chi connectivity index (χ2v) is 4.28. The quantitative estimate of drug-likeness (QED) is 0.806. The first-order chi connectivity index (χ1) is 8.93. The van der Waals surface area contributed by atoms with Gasteiger partial charge in [-0.05, 0) is 18.2 Å². The van der Waals surface area contributed by atoms with Gasteiger partial charge in [0, 0.05) is 25.0 Å². The molecule has 0 N–H and O–H groups in total. The normalized spacial score (nSPS) is 19.8. The van der Waals surface area contributed by atoms with E-state index in [0.717, 1.165) is 25.4 Å². The number of benzene rings is 1. The molecule has 1 aromatic heterocycles. The highest BCUT2D eigenvalue weighted by atomic mass is 16.5. The molecular weight excluding hydrogens is 226 g/mol. The van der Waals surface area contributed by atoms with E-state index in [1.807, 2.05) is 12.1 Å². The Hall–Kier alpha value is -1.94. The monoisotopic (exact) mass is 241 g/mol. The van der Waals surface area contributed by atoms with Gasteiger partial charge >= 0.3 is 0 Å². The fraction of sp³-hybridized carbons (Fsp3) is 0.286. The van der Waals surface area contributed by atoms with E-state index in [1.54, 1.807) is 12.5 Å². The van der Waals surface area contributed by atoms with E-state index >= 15 is 0 Å². The Labute approximate surface area is 106 Å². The van der Waals surface area contributed by atoms with Gasteiger partial charge in [-0.15, -0.1) is 0 Å². The molecule has 92 valence electrons. The van der Waals surface area contributed by atoms with E-state index in [0.29, 0.717) is 0 Å². The van der Waals surface area contributed by atoms with E-state index in [4.69, 9.17) is 4.74 Å². The molecule has 0 bridgehead atoms. The summed E-state index contributed by atoms with van der Waals surface area (Å²) < 4.78 is 5.78. The first kappa shape index (κ1) is 11.2. The maximum atomic E-state index is 5.78. The molecule has 4 heteroatoms. The third-order valence-corrected chi connectivity index (χ3v) is 3.12. The van der Waals surface area contributed by atoms with Gasteiger partial charge in [-0.25, -0.2) is 9.97 Å². The summed E-state index contributed by atoms with van der Waals surface area (Å²) in [5.74, 6) is 0. The van der Waals surface area contributed by atoms with Crippen molar-refractivity contribution in [1.29, 1.82) is 0 Å². The zero-order valence-electron chi connectivity index (χ0n) is 10.1. The lowest BCUT2D eigenvalue weighted by Crippen LogP contribution is -2.38. The Balaban J connectivity index is 1.77. The lowest BCUT2D eigenvalue weighted by atomic mass is 10.2. The highest BCUT2D eigenvalue weighted by molar-refractivity contribution is 5.46. The smallest absolute Gasteiger partial charge is 0.117 e. The van der Waals surface area contributed by atoms with Crippen LogP contribution in [0.4, 0.5) is 5.69 Å². The van der Waals surface area contributed by atoms with Crippen LogP contribution in [0.5, 0.6) is 0 Å². The summed E-state index contributed by atoms with van der Waals surface area (Å²) in [5.41, 5.74) is 2.19. The van der Waals surface area contributed by atoms with Gasteiger partial charge in [-0.3, -0.25) is 0 Å². The maximum absolute atomic E-state index is 5.78. The number of rotatable bonds is 2. The van der Waals surface area contributed by atoms with Crippen molar-refractivity contribution in [2.24, 2.45) is 0 Å². The largest absolute Gasteiger partial charge is 0.368 e. The molecule has 1 unspecified atom stereocenters. The lowest BCUT2D eigenvalue weighted by molar-refractivity contribution is 0.0369. The predicted octanol–water partition coefficient (Wildman–Crippen LogP) is 2.05. The van der Waals surface area contributed by atoms with Gasteiger partial charge in [-0.1, -0.05) is 18.2 Å². The number of hydrogen-bond acceptors (Lipinski definition) is 4. The molecule has 0 radical (unpaired) electrons. The first-order valence-electron chi connectivity index (χ1n) is 6.11. The van der Waals surface area contributed by atoms with Crippen molar-refractivity contribution in [3.8, 4) is 0 Å². The second-order valence-electron chi connectivity index (χ2n) is 4.28. The summed E-state index contributed by atoms with van der Waals surface area (Å²) >= 11 is 0. The zero-order valence-corrected chi connectivity index (χ0v) is 10.1. The fourth-order valence-corrected chi connectivity index (χ4v) is 2.19. The summed E-state index contributed by atoms with van der Waals surface area (Å²) in [4.78, 5) is 10.5. The molecule has 1 aliphatic heterocycles. The molecule has 0 aliphatic carbocycles. The van der Waals surface area contributed by atoms with Crippen molar-refractivity contribution in [2.45, 2.75) is 6.10 Å². The van der Waals surface area contributed by atoms with Crippen LogP contribution in [0.1, 0.15) is 11.8 Å². The minimum atomic E-state index is 0.0296. The second kappa shape index (κ2) is 5.14. The van der Waals surface area contributed by atoms with Crippen LogP contribution in [0.3, 0.4) is 0 Å². The van der Waals surface area contributed by atoms with Crippen molar-refractivity contribution in [2.75, 3.05) is 24.6 Å². The van der Waals surface area contributed by atoms with Crippen molar-refractivity contribution in [3.63, 3.8) is 0 Å². The fourth-order valence-electron chi connectivity index (χ4n) is 2.19. The average molecular weight is 241 g/mol. The minimum absolute atomic E-state index is 0.0296. The van der Waals surface area contributed by atoms with Crippen molar-refractivity contribution in [1.82, 2.24) is 9.97 Å². The van der Waals surface area contributed by atoms with Crippen LogP contribution < -0.4 is 4.90 Å². The number of hydrogen-bond donors (Lipinski definition) is 0. The topological polar surface area (TPSA) is 38.2 Å². The number of morpholine rings is 1. The van der Waals surface area contributed by atoms with Crippen LogP contribution in [0.15, 0.2) is 48.9 Å². The van der Waals surface area contributed by atoms with Crippen LogP contribution in [-0.4, -0.2) is 29.7 Å². The lowest BCUT2D eigenvalue weighted by Gasteiger charge is -2.34. The molecule has 2 aromatic rings. The van der Waals surface area contributed by atoms with E-state index in [1.165, 1.54) is 5.69 Å². The highest BCUT2D eigenvalue weighted by Crippen LogP contribution is 2.24. The number of para-hydroxylation sites is 1. The van der Waals surface area contributed by atoms with Crippen LogP contribution in [-0.2, 0) is 4.74 Å². The van der Waals surface area contributed by atoms with Gasteiger partial charge in [0.1, 0.15) is 12.4 Å². The molecular formula is C14H15N3O. The summed E-state index contributed by atoms with van der Waals surface area (Å²) in [6.45, 7) is 2.48. The van der Waals surface area contributed by atoms with Crippen LogP contribution in [0.2, 0.25) is 0 Å². The van der Waals surface area contributed by atoms with Gasteiger partial charge in [-0.2, -0.15) is 0 Å². The summed E-state index contributed by atoms with van der Waals surface area (Å²) in [6, 6.07) is 12.3. The number of anilines is 1. The Morgan fingerprint density at radius 2 is 2.06 bits per heavy atom. The SMILES string of the molecule is c1ccc(N2CCOC(c3ccncn3)C2)cc1. The number of nitrogens with zero attached hydrogens (tertiary/aromatic N) is 3. The predicted molar refractivity (Wildman–Crippen MR) is 69.4 cm³/mol. The molecule has 1 fully saturated rings. The Morgan fingerprint density at radius 3 is 2.83 bits per heavy atom. The van der Waals surface area contributed by atoms with Gasteiger partial charge < -0.3 is 9.64 Å². The van der Waals surface area contributed by atoms with E-state index < -0.39 is 0 Å². The summed E-state index contributed by atoms with van der Waals surface area (Å²) in [5, 5.41) is 0. The Kier molecular flexibility index (Phi) is 3.19. The third-order valence-electron chi connectivity index (χ3n) is 3.12. The summed E-state index contributed by atoms with van der Waals surface area (Å²) in [6.07, 6.45) is 3.36. The van der Waals surface area contributed by atoms with Crippen molar-refractivity contribution >= 4 is 5.69 Å². The van der Waals surface area contributed by atoms with E-state index in [2.05, 4.69) is 39.1 Å². The van der Waals surface area contributed by atoms with Crippen LogP contribution >= 0.6 is 0 Å². The molecule has 3 rings (SSSR count). The maximum Gasteiger partial charge on any atom is 0.117 e. The van der Waals surface area contributed by atoms with Gasteiger partial charge in [0.2, 0.25) is 0 Å². The molecule has 1 aromatic carbocycles. The minimum Gasteiger partial charge on any atom is -0.368 e. The van der Waals surface area contributed by atoms with E-state index in [9.17, 15) is 0 Å². The van der Waals surface area contributed by atoms with Crippen molar-refractivity contribution < 1.29 is 4.74 Å². The molecule has 1 saturated heterocycles. The Bertz CT molecular complexity index is 443. The average Bonchev–Trinajstić information content (AvgIpc) is 2.49. The Morgan fingerprint density at radius 1 is 1.17 bits per heavy atom. The molecule has 18 heavy (non-hydrogen) atoms. The number of aromatic nitrogens is 2. The van der Waals surface area contributed by atoms with Crippen LogP contribution in [0, 0.1) is 0 Å². The zero-order chi connectivity index (χ0) is 12.2. The standard InChI is InChI=1S/C14H15N3O/c1-2-4-12(5-3-1)17-8-9-18-14(10-17)13-6-7-15-11-16-13/h1-7,11,14H,8-10H2. The van der Waals surface area contributed by atoms with Gasteiger partial charge in [0.05, 0.1) is 12.3 Å². The molecule has 0 saturated carbocycles. The first-order valence-corrected chi connectivity index (χ1v) is 6.11. The van der Waals surface area contributed by atoms with Gasteiger partial charge in [0.15, 0.2) is 0 Å². The molecule has 0 spiro atoms. The molecule has 1 atom stereocenters. The molecule has 0 amide bonds.